The van der Waals surface area contributed by atoms with E-state index in [0.717, 1.165) is 5.56 Å². The van der Waals surface area contributed by atoms with Gasteiger partial charge in [-0.15, -0.1) is 0 Å². The van der Waals surface area contributed by atoms with Crippen LogP contribution in [-0.4, -0.2) is 16.9 Å². The summed E-state index contributed by atoms with van der Waals surface area (Å²) in [4.78, 5) is 21.4. The van der Waals surface area contributed by atoms with Crippen LogP contribution in [0.25, 0.3) is 0 Å². The fraction of sp³-hybridized carbons (Fsp3) is 0.200. The van der Waals surface area contributed by atoms with Crippen LogP contribution in [0.5, 0.6) is 0 Å². The Kier molecular flexibility index (Phi) is 5.69. The zero-order valence-electron chi connectivity index (χ0n) is 9.23. The summed E-state index contributed by atoms with van der Waals surface area (Å²) in [5.74, 6) is -2.72. The Balaban J connectivity index is 0. The van der Waals surface area contributed by atoms with Crippen molar-refractivity contribution >= 4 is 11.8 Å². The topological polar surface area (TPSA) is 54.4 Å². The van der Waals surface area contributed by atoms with Crippen LogP contribution in [0.3, 0.4) is 0 Å². The third-order valence-electron chi connectivity index (χ3n) is 1.90. The summed E-state index contributed by atoms with van der Waals surface area (Å²) in [7, 11) is 0. The summed E-state index contributed by atoms with van der Waals surface area (Å²) in [6.07, 6.45) is 0. The number of carbonyl (C=O) groups is 2. The summed E-state index contributed by atoms with van der Waals surface area (Å²) < 4.78 is 0. The molecule has 0 aliphatic carbocycles. The second-order valence-corrected chi connectivity index (χ2v) is 2.80. The smallest absolute Gasteiger partial charge is 1.00 e. The van der Waals surface area contributed by atoms with E-state index in [4.69, 9.17) is 5.11 Å². The van der Waals surface area contributed by atoms with Gasteiger partial charge in [0.25, 0.3) is 0 Å². The number of hydrogen-bond donors (Lipinski definition) is 1. The molecule has 0 saturated heterocycles. The van der Waals surface area contributed by atoms with Crippen molar-refractivity contribution < 1.29 is 45.7 Å². The van der Waals surface area contributed by atoms with Gasteiger partial charge in [-0.2, -0.15) is 0 Å². The molecule has 0 aromatic heterocycles. The molecule has 0 spiro atoms. The summed E-state index contributed by atoms with van der Waals surface area (Å²) in [6.45, 7) is 1.59. The van der Waals surface area contributed by atoms with Gasteiger partial charge in [-0.05, 0) is 5.56 Å². The van der Waals surface area contributed by atoms with E-state index in [-0.39, 0.29) is 31.0 Å². The molecule has 70 valence electrons. The zero-order valence-corrected chi connectivity index (χ0v) is 10.2. The summed E-state index contributed by atoms with van der Waals surface area (Å²) >= 11 is 0. The fourth-order valence-corrected chi connectivity index (χ4v) is 1.08. The van der Waals surface area contributed by atoms with Crippen molar-refractivity contribution in [1.29, 1.82) is 0 Å². The number of rotatable bonds is 3. The van der Waals surface area contributed by atoms with Crippen LogP contribution in [0.2, 0.25) is 0 Å². The maximum Gasteiger partial charge on any atom is 1.00 e. The molecule has 1 aromatic carbocycles. The summed E-state index contributed by atoms with van der Waals surface area (Å²) in [6, 6.07) is 8.86. The molecule has 4 heteroatoms. The molecule has 1 aromatic rings. The van der Waals surface area contributed by atoms with Crippen LogP contribution < -0.4 is 29.6 Å². The van der Waals surface area contributed by atoms with Gasteiger partial charge in [-0.25, -0.2) is 4.79 Å². The van der Waals surface area contributed by atoms with E-state index in [0.29, 0.717) is 0 Å². The molecule has 14 heavy (non-hydrogen) atoms. The van der Waals surface area contributed by atoms with E-state index in [1.54, 1.807) is 31.2 Å². The second kappa shape index (κ2) is 5.96. The normalized spacial score (nSPS) is 11.2. The first-order valence-electron chi connectivity index (χ1n) is 3.95. The van der Waals surface area contributed by atoms with Crippen molar-refractivity contribution in [3.05, 3.63) is 35.9 Å². The number of carbonyl (C=O) groups excluding carboxylic acids is 1. The van der Waals surface area contributed by atoms with E-state index in [2.05, 4.69) is 0 Å². The van der Waals surface area contributed by atoms with Gasteiger partial charge in [0, 0.05) is 0 Å². The van der Waals surface area contributed by atoms with E-state index in [9.17, 15) is 9.59 Å². The first kappa shape index (κ1) is 13.4. The Bertz CT molecular complexity index is 327. The molecule has 1 atom stereocenters. The van der Waals surface area contributed by atoms with Gasteiger partial charge in [-0.1, -0.05) is 37.3 Å². The number of hydrogen-bond acceptors (Lipinski definition) is 2. The van der Waals surface area contributed by atoms with Crippen LogP contribution >= 0.6 is 0 Å². The van der Waals surface area contributed by atoms with Gasteiger partial charge in [0.1, 0.15) is 0 Å². The summed E-state index contributed by atoms with van der Waals surface area (Å²) in [5.41, 5.74) is 0.731. The molecule has 0 aliphatic heterocycles. The minimum atomic E-state index is -1.38. The Labute approximate surface area is 106 Å². The molecule has 0 aliphatic rings. The van der Waals surface area contributed by atoms with Gasteiger partial charge in [0.15, 0.2) is 0 Å². The van der Waals surface area contributed by atoms with Crippen molar-refractivity contribution in [1.82, 2.24) is 0 Å². The molecule has 1 N–H and O–H groups in total. The molecule has 3 nitrogen and oxygen atoms in total. The van der Waals surface area contributed by atoms with Crippen LogP contribution in [0, 0.1) is 0 Å². The number of carboxylic acid groups (broad SMARTS) is 1. The number of aliphatic carboxylic acids is 1. The Hall–Kier alpha value is -0.640. The van der Waals surface area contributed by atoms with E-state index in [1.807, 2.05) is 6.07 Å². The molecule has 0 amide bonds. The molecular formula is C10H11NaO3. The molecule has 0 heterocycles. The Morgan fingerprint density at radius 2 is 1.79 bits per heavy atom. The Morgan fingerprint density at radius 1 is 1.29 bits per heavy atom. The van der Waals surface area contributed by atoms with Crippen molar-refractivity contribution in [3.63, 3.8) is 0 Å². The molecule has 1 unspecified atom stereocenters. The molecule has 0 saturated carbocycles. The maximum absolute atomic E-state index is 11.0. The number of Topliss-reactive ketones (excluding diaryl/α,β-unsaturated/α-hetero) is 1. The third-order valence-corrected chi connectivity index (χ3v) is 1.90. The first-order valence-corrected chi connectivity index (χ1v) is 3.95. The second-order valence-electron chi connectivity index (χ2n) is 2.80. The van der Waals surface area contributed by atoms with Crippen molar-refractivity contribution in [2.24, 2.45) is 0 Å². The van der Waals surface area contributed by atoms with Crippen LogP contribution in [0.4, 0.5) is 0 Å². The standard InChI is InChI=1S/C10H10O3.Na.H/c1-7(9(11)10(12)13)8-5-3-2-4-6-8;;/h2-7H,1H3,(H,12,13);;/q;+1;-1. The molecule has 0 bridgehead atoms. The number of ketones is 1. The quantitative estimate of drug-likeness (QED) is 0.482. The third kappa shape index (κ3) is 3.25. The minimum Gasteiger partial charge on any atom is -1.00 e. The van der Waals surface area contributed by atoms with Gasteiger partial charge in [0.2, 0.25) is 5.78 Å². The van der Waals surface area contributed by atoms with Crippen molar-refractivity contribution in [3.8, 4) is 0 Å². The SMILES string of the molecule is CC(C(=O)C(=O)O)c1ccccc1.[H-].[Na+]. The molecule has 1 rings (SSSR count). The van der Waals surface area contributed by atoms with Gasteiger partial charge >= 0.3 is 35.5 Å². The maximum atomic E-state index is 11.0. The van der Waals surface area contributed by atoms with E-state index < -0.39 is 17.7 Å². The number of benzene rings is 1. The summed E-state index contributed by atoms with van der Waals surface area (Å²) in [5, 5.41) is 8.46. The zero-order chi connectivity index (χ0) is 9.84. The minimum absolute atomic E-state index is 0. The van der Waals surface area contributed by atoms with Gasteiger partial charge in [-0.3, -0.25) is 4.79 Å². The van der Waals surface area contributed by atoms with Crippen LogP contribution in [0.15, 0.2) is 30.3 Å². The Morgan fingerprint density at radius 3 is 2.21 bits per heavy atom. The average Bonchev–Trinajstić information content (AvgIpc) is 2.17. The molecule has 0 fully saturated rings. The van der Waals surface area contributed by atoms with Crippen LogP contribution in [-0.2, 0) is 9.59 Å². The predicted octanol–water partition coefficient (Wildman–Crippen LogP) is -1.44. The van der Waals surface area contributed by atoms with Crippen molar-refractivity contribution in [2.75, 3.05) is 0 Å². The van der Waals surface area contributed by atoms with Crippen LogP contribution in [0.1, 0.15) is 19.8 Å². The van der Waals surface area contributed by atoms with Gasteiger partial charge in [0.05, 0.1) is 5.92 Å². The van der Waals surface area contributed by atoms with Crippen molar-refractivity contribution in [2.45, 2.75) is 12.8 Å². The van der Waals surface area contributed by atoms with E-state index in [1.165, 1.54) is 0 Å². The largest absolute Gasteiger partial charge is 1.00 e. The number of carboxylic acids is 1. The van der Waals surface area contributed by atoms with E-state index >= 15 is 0 Å². The molecular weight excluding hydrogens is 191 g/mol. The van der Waals surface area contributed by atoms with Gasteiger partial charge < -0.3 is 6.53 Å². The molecule has 0 radical (unpaired) electrons. The average molecular weight is 202 g/mol. The fourth-order valence-electron chi connectivity index (χ4n) is 1.08. The first-order chi connectivity index (χ1) is 6.13. The monoisotopic (exact) mass is 202 g/mol. The predicted molar refractivity (Wildman–Crippen MR) is 48.6 cm³/mol.